The summed E-state index contributed by atoms with van der Waals surface area (Å²) < 4.78 is 12.0. The van der Waals surface area contributed by atoms with Crippen LogP contribution in [-0.2, 0) is 4.65 Å². The molecule has 1 aromatic heterocycles. The topological polar surface area (TPSA) is 42.6 Å². The van der Waals surface area contributed by atoms with Crippen molar-refractivity contribution >= 4 is 57.3 Å². The molecule has 0 spiro atoms. The van der Waals surface area contributed by atoms with Crippen molar-refractivity contribution in [3.05, 3.63) is 53.6 Å². The molecule has 0 saturated carbocycles. The van der Waals surface area contributed by atoms with Crippen LogP contribution in [0.4, 0.5) is 0 Å². The van der Waals surface area contributed by atoms with Gasteiger partial charge in [-0.1, -0.05) is 41.9 Å². The van der Waals surface area contributed by atoms with Crippen LogP contribution in [0.5, 0.6) is 0 Å². The van der Waals surface area contributed by atoms with Gasteiger partial charge in [0, 0.05) is 10.8 Å². The maximum atomic E-state index is 10.3. The van der Waals surface area contributed by atoms with Gasteiger partial charge in [0.05, 0.1) is 16.2 Å². The quantitative estimate of drug-likeness (QED) is 0.495. The van der Waals surface area contributed by atoms with Gasteiger partial charge in [-0.2, -0.15) is 0 Å². The minimum Gasteiger partial charge on any atom is -0.454 e. The maximum absolute atomic E-state index is 10.3. The van der Waals surface area contributed by atoms with Gasteiger partial charge in [0.25, 0.3) is 0 Å². The van der Waals surface area contributed by atoms with Gasteiger partial charge < -0.3 is 14.2 Å². The van der Waals surface area contributed by atoms with Crippen molar-refractivity contribution in [1.29, 1.82) is 0 Å². The molecule has 5 heteroatoms. The number of benzene rings is 3. The number of hydrogen-bond donors (Lipinski definition) is 1. The standard InChI is InChI=1S/C22H21BClO3/c1-21(2,25)22(3,4)27-23-16-9-10-17(24)20-19(16)15-11-13-7-5-6-8-14(13)12-18(15)26-20/h5-12,25H,1-4H3. The van der Waals surface area contributed by atoms with Gasteiger partial charge in [0.2, 0.25) is 0 Å². The number of rotatable bonds is 4. The summed E-state index contributed by atoms with van der Waals surface area (Å²) in [7, 11) is 1.68. The van der Waals surface area contributed by atoms with Crippen molar-refractivity contribution in [1.82, 2.24) is 0 Å². The van der Waals surface area contributed by atoms with Gasteiger partial charge in [0.15, 0.2) is 5.58 Å². The second-order valence-electron chi connectivity index (χ2n) is 7.94. The highest BCUT2D eigenvalue weighted by molar-refractivity contribution is 6.54. The molecular weight excluding hydrogens is 359 g/mol. The summed E-state index contributed by atoms with van der Waals surface area (Å²) in [5, 5.41) is 15.1. The number of furan rings is 1. The van der Waals surface area contributed by atoms with Crippen molar-refractivity contribution < 1.29 is 14.2 Å². The molecule has 0 atom stereocenters. The molecule has 1 heterocycles. The molecule has 0 aliphatic carbocycles. The predicted molar refractivity (Wildman–Crippen MR) is 113 cm³/mol. The van der Waals surface area contributed by atoms with Crippen LogP contribution in [0.3, 0.4) is 0 Å². The molecule has 27 heavy (non-hydrogen) atoms. The van der Waals surface area contributed by atoms with Gasteiger partial charge in [-0.25, -0.2) is 0 Å². The van der Waals surface area contributed by atoms with Gasteiger partial charge in [-0.05, 0) is 62.1 Å². The molecule has 4 aromatic rings. The Bertz CT molecular complexity index is 1160. The summed E-state index contributed by atoms with van der Waals surface area (Å²) in [5.74, 6) is 0. The lowest BCUT2D eigenvalue weighted by atomic mass is 9.80. The first kappa shape index (κ1) is 18.4. The molecule has 137 valence electrons. The summed E-state index contributed by atoms with van der Waals surface area (Å²) in [6, 6.07) is 16.0. The fraction of sp³-hybridized carbons (Fsp3) is 0.273. The van der Waals surface area contributed by atoms with E-state index in [9.17, 15) is 5.11 Å². The molecule has 3 nitrogen and oxygen atoms in total. The van der Waals surface area contributed by atoms with Crippen LogP contribution in [0.1, 0.15) is 27.7 Å². The third-order valence-electron chi connectivity index (χ3n) is 5.43. The third kappa shape index (κ3) is 3.12. The zero-order valence-electron chi connectivity index (χ0n) is 15.8. The fourth-order valence-electron chi connectivity index (χ4n) is 3.01. The lowest BCUT2D eigenvalue weighted by Crippen LogP contribution is -2.49. The average molecular weight is 380 g/mol. The average Bonchev–Trinajstić information content (AvgIpc) is 2.98. The van der Waals surface area contributed by atoms with Gasteiger partial charge in [0.1, 0.15) is 5.58 Å². The van der Waals surface area contributed by atoms with Crippen molar-refractivity contribution in [3.63, 3.8) is 0 Å². The molecule has 1 N–H and O–H groups in total. The van der Waals surface area contributed by atoms with Crippen LogP contribution < -0.4 is 5.46 Å². The van der Waals surface area contributed by atoms with Gasteiger partial charge >= 0.3 is 7.48 Å². The molecular formula is C22H21BClO3. The molecule has 4 rings (SSSR count). The van der Waals surface area contributed by atoms with Crippen molar-refractivity contribution in [3.8, 4) is 0 Å². The molecule has 0 aliphatic heterocycles. The van der Waals surface area contributed by atoms with E-state index in [0.717, 1.165) is 32.6 Å². The highest BCUT2D eigenvalue weighted by Crippen LogP contribution is 2.35. The third-order valence-corrected chi connectivity index (χ3v) is 5.72. The molecule has 0 saturated heterocycles. The molecule has 0 amide bonds. The fourth-order valence-corrected chi connectivity index (χ4v) is 3.21. The molecule has 0 fully saturated rings. The lowest BCUT2D eigenvalue weighted by Gasteiger charge is -2.37. The zero-order chi connectivity index (χ0) is 19.4. The second-order valence-corrected chi connectivity index (χ2v) is 8.35. The lowest BCUT2D eigenvalue weighted by molar-refractivity contribution is -0.0893. The van der Waals surface area contributed by atoms with Crippen molar-refractivity contribution in [2.24, 2.45) is 0 Å². The molecule has 1 radical (unpaired) electrons. The largest absolute Gasteiger partial charge is 0.454 e. The summed E-state index contributed by atoms with van der Waals surface area (Å²) in [6.07, 6.45) is 0. The number of aliphatic hydroxyl groups is 1. The van der Waals surface area contributed by atoms with Crippen molar-refractivity contribution in [2.75, 3.05) is 0 Å². The molecule has 3 aromatic carbocycles. The van der Waals surface area contributed by atoms with E-state index in [-0.39, 0.29) is 0 Å². The van der Waals surface area contributed by atoms with Gasteiger partial charge in [-0.15, -0.1) is 0 Å². The minimum atomic E-state index is -0.996. The molecule has 0 bridgehead atoms. The Morgan fingerprint density at radius 1 is 1.00 bits per heavy atom. The van der Waals surface area contributed by atoms with Crippen LogP contribution in [0.15, 0.2) is 52.9 Å². The predicted octanol–water partition coefficient (Wildman–Crippen LogP) is 5.20. The summed E-state index contributed by atoms with van der Waals surface area (Å²) in [5.41, 5.74) is 0.531. The SMILES string of the molecule is CC(C)(O)C(C)(C)O[B]c1ccc(Cl)c2oc3cc4ccccc4cc3c12. The Balaban J connectivity index is 1.88. The van der Waals surface area contributed by atoms with Crippen LogP contribution in [0.2, 0.25) is 5.02 Å². The van der Waals surface area contributed by atoms with E-state index in [1.54, 1.807) is 27.4 Å². The molecule has 0 aliphatic rings. The van der Waals surface area contributed by atoms with Gasteiger partial charge in [-0.3, -0.25) is 0 Å². The van der Waals surface area contributed by atoms with E-state index in [1.165, 1.54) is 0 Å². The Labute approximate surface area is 164 Å². The number of halogens is 1. The van der Waals surface area contributed by atoms with Crippen LogP contribution >= 0.6 is 11.6 Å². The van der Waals surface area contributed by atoms with E-state index in [4.69, 9.17) is 20.7 Å². The van der Waals surface area contributed by atoms with E-state index in [1.807, 2.05) is 38.1 Å². The minimum absolute atomic E-state index is 0.559. The Hall–Kier alpha value is -2.01. The normalized spacial score (nSPS) is 13.0. The summed E-state index contributed by atoms with van der Waals surface area (Å²) in [4.78, 5) is 0. The van der Waals surface area contributed by atoms with E-state index < -0.39 is 11.2 Å². The smallest absolute Gasteiger partial charge is 0.331 e. The summed E-state index contributed by atoms with van der Waals surface area (Å²) in [6.45, 7) is 7.19. The first-order valence-corrected chi connectivity index (χ1v) is 9.32. The van der Waals surface area contributed by atoms with Crippen LogP contribution in [-0.4, -0.2) is 23.8 Å². The summed E-state index contributed by atoms with van der Waals surface area (Å²) >= 11 is 6.41. The monoisotopic (exact) mass is 379 g/mol. The van der Waals surface area contributed by atoms with E-state index in [0.29, 0.717) is 10.6 Å². The molecule has 0 unspecified atom stereocenters. The second kappa shape index (κ2) is 6.27. The maximum Gasteiger partial charge on any atom is 0.331 e. The Kier molecular flexibility index (Phi) is 4.26. The van der Waals surface area contributed by atoms with E-state index >= 15 is 0 Å². The first-order chi connectivity index (χ1) is 12.7. The van der Waals surface area contributed by atoms with Crippen LogP contribution in [0, 0.1) is 0 Å². The number of hydrogen-bond acceptors (Lipinski definition) is 3. The van der Waals surface area contributed by atoms with E-state index in [2.05, 4.69) is 18.2 Å². The highest BCUT2D eigenvalue weighted by atomic mass is 35.5. The zero-order valence-corrected chi connectivity index (χ0v) is 16.6. The van der Waals surface area contributed by atoms with Crippen LogP contribution in [0.25, 0.3) is 32.7 Å². The highest BCUT2D eigenvalue weighted by Gasteiger charge is 2.36. The Morgan fingerprint density at radius 2 is 1.67 bits per heavy atom. The Morgan fingerprint density at radius 3 is 2.33 bits per heavy atom. The van der Waals surface area contributed by atoms with Crippen molar-refractivity contribution in [2.45, 2.75) is 38.9 Å². The number of fused-ring (bicyclic) bond motifs is 4. The first-order valence-electron chi connectivity index (χ1n) is 8.94.